The van der Waals surface area contributed by atoms with Gasteiger partial charge in [-0.25, -0.2) is 4.39 Å². The summed E-state index contributed by atoms with van der Waals surface area (Å²) in [5, 5.41) is 0. The van der Waals surface area contributed by atoms with Gasteiger partial charge in [-0.15, -0.1) is 0 Å². The van der Waals surface area contributed by atoms with Gasteiger partial charge in [-0.1, -0.05) is 48.2 Å². The second kappa shape index (κ2) is 6.67. The summed E-state index contributed by atoms with van der Waals surface area (Å²) in [5.41, 5.74) is 1.02. The van der Waals surface area contributed by atoms with Crippen molar-refractivity contribution >= 4 is 15.9 Å². The van der Waals surface area contributed by atoms with Gasteiger partial charge in [0.15, 0.2) is 0 Å². The van der Waals surface area contributed by atoms with Crippen LogP contribution < -0.4 is 0 Å². The van der Waals surface area contributed by atoms with Crippen LogP contribution in [0.3, 0.4) is 0 Å². The Labute approximate surface area is 117 Å². The molecule has 1 aromatic carbocycles. The van der Waals surface area contributed by atoms with Crippen LogP contribution >= 0.6 is 15.9 Å². The number of hydrogen-bond acceptors (Lipinski definition) is 1. The molecule has 2 rings (SSSR count). The van der Waals surface area contributed by atoms with Gasteiger partial charge in [-0.05, 0) is 36.5 Å². The fourth-order valence-electron chi connectivity index (χ4n) is 2.61. The molecule has 2 atom stereocenters. The van der Waals surface area contributed by atoms with Gasteiger partial charge in [-0.3, -0.25) is 0 Å². The molecule has 1 fully saturated rings. The third-order valence-electron chi connectivity index (χ3n) is 3.80. The molecule has 0 aliphatic heterocycles. The van der Waals surface area contributed by atoms with Gasteiger partial charge in [0.05, 0.1) is 12.7 Å². The Balaban J connectivity index is 1.87. The van der Waals surface area contributed by atoms with Crippen molar-refractivity contribution in [3.05, 3.63) is 34.1 Å². The number of benzene rings is 1. The van der Waals surface area contributed by atoms with E-state index >= 15 is 0 Å². The molecule has 0 N–H and O–H groups in total. The molecule has 18 heavy (non-hydrogen) atoms. The van der Waals surface area contributed by atoms with E-state index in [1.54, 1.807) is 6.07 Å². The molecule has 0 heterocycles. The lowest BCUT2D eigenvalue weighted by atomic mass is 9.85. The molecule has 0 aromatic heterocycles. The molecule has 0 amide bonds. The molecule has 1 nitrogen and oxygen atoms in total. The summed E-state index contributed by atoms with van der Waals surface area (Å²) in [7, 11) is 0. The fourth-order valence-corrected chi connectivity index (χ4v) is 3.08. The van der Waals surface area contributed by atoms with E-state index in [1.165, 1.54) is 37.8 Å². The molecule has 1 aliphatic carbocycles. The number of rotatable bonds is 4. The molecular weight excluding hydrogens is 295 g/mol. The molecule has 3 heteroatoms. The quantitative estimate of drug-likeness (QED) is 0.753. The number of hydrogen-bond donors (Lipinski definition) is 0. The lowest BCUT2D eigenvalue weighted by Gasteiger charge is -2.28. The minimum atomic E-state index is -0.214. The summed E-state index contributed by atoms with van der Waals surface area (Å²) in [5.74, 6) is 0.606. The average Bonchev–Trinajstić information content (AvgIpc) is 2.38. The van der Waals surface area contributed by atoms with Gasteiger partial charge in [0.25, 0.3) is 0 Å². The van der Waals surface area contributed by atoms with E-state index in [-0.39, 0.29) is 5.82 Å². The van der Waals surface area contributed by atoms with Crippen LogP contribution in [0.2, 0.25) is 0 Å². The van der Waals surface area contributed by atoms with Gasteiger partial charge in [-0.2, -0.15) is 0 Å². The largest absolute Gasteiger partial charge is 0.373 e. The Morgan fingerprint density at radius 2 is 2.22 bits per heavy atom. The highest BCUT2D eigenvalue weighted by Crippen LogP contribution is 2.29. The van der Waals surface area contributed by atoms with E-state index in [9.17, 15) is 4.39 Å². The van der Waals surface area contributed by atoms with Gasteiger partial charge in [0.2, 0.25) is 0 Å². The van der Waals surface area contributed by atoms with Crippen LogP contribution in [0.15, 0.2) is 22.7 Å². The van der Waals surface area contributed by atoms with E-state index in [0.29, 0.717) is 12.7 Å². The molecule has 0 radical (unpaired) electrons. The van der Waals surface area contributed by atoms with Crippen molar-refractivity contribution in [2.75, 3.05) is 0 Å². The molecule has 0 saturated heterocycles. The minimum absolute atomic E-state index is 0.214. The zero-order chi connectivity index (χ0) is 13.0. The third-order valence-corrected chi connectivity index (χ3v) is 4.54. The van der Waals surface area contributed by atoms with Gasteiger partial charge >= 0.3 is 0 Å². The highest BCUT2D eigenvalue weighted by atomic mass is 79.9. The van der Waals surface area contributed by atoms with Crippen molar-refractivity contribution in [2.24, 2.45) is 5.92 Å². The molecule has 0 bridgehead atoms. The molecule has 100 valence electrons. The molecule has 1 aliphatic rings. The first-order valence-electron chi connectivity index (χ1n) is 6.74. The van der Waals surface area contributed by atoms with Crippen LogP contribution in [0.4, 0.5) is 4.39 Å². The van der Waals surface area contributed by atoms with E-state index < -0.39 is 0 Å². The van der Waals surface area contributed by atoms with E-state index in [2.05, 4.69) is 22.9 Å². The van der Waals surface area contributed by atoms with Crippen molar-refractivity contribution in [1.29, 1.82) is 0 Å². The Bertz CT molecular complexity index is 394. The molecular formula is C15H20BrFO. The standard InChI is InChI=1S/C15H20BrFO/c1-2-11-4-3-5-14(8-11)18-10-12-6-7-13(17)9-15(12)16/h6-7,9,11,14H,2-5,8,10H2,1H3. The maximum absolute atomic E-state index is 13.0. The SMILES string of the molecule is CCC1CCCC(OCc2ccc(F)cc2Br)C1. The van der Waals surface area contributed by atoms with Crippen LogP contribution in [0.5, 0.6) is 0 Å². The molecule has 1 aromatic rings. The fraction of sp³-hybridized carbons (Fsp3) is 0.600. The summed E-state index contributed by atoms with van der Waals surface area (Å²) >= 11 is 3.38. The predicted octanol–water partition coefficient (Wildman–Crippen LogP) is 5.07. The van der Waals surface area contributed by atoms with Crippen molar-refractivity contribution in [2.45, 2.75) is 51.7 Å². The Morgan fingerprint density at radius 3 is 2.94 bits per heavy atom. The molecule has 0 spiro atoms. The maximum atomic E-state index is 13.0. The summed E-state index contributed by atoms with van der Waals surface area (Å²) < 4.78 is 19.7. The minimum Gasteiger partial charge on any atom is -0.373 e. The summed E-state index contributed by atoms with van der Waals surface area (Å²) in [6.07, 6.45) is 6.58. The van der Waals surface area contributed by atoms with E-state index in [0.717, 1.165) is 22.4 Å². The highest BCUT2D eigenvalue weighted by Gasteiger charge is 2.21. The summed E-state index contributed by atoms with van der Waals surface area (Å²) in [4.78, 5) is 0. The van der Waals surface area contributed by atoms with E-state index in [4.69, 9.17) is 4.74 Å². The Kier molecular flexibility index (Phi) is 5.19. The summed E-state index contributed by atoms with van der Waals surface area (Å²) in [6.45, 7) is 2.82. The van der Waals surface area contributed by atoms with Crippen LogP contribution in [-0.2, 0) is 11.3 Å². The van der Waals surface area contributed by atoms with Gasteiger partial charge in [0, 0.05) is 4.47 Å². The van der Waals surface area contributed by atoms with Gasteiger partial charge < -0.3 is 4.74 Å². The summed E-state index contributed by atoms with van der Waals surface area (Å²) in [6, 6.07) is 4.77. The zero-order valence-corrected chi connectivity index (χ0v) is 12.4. The lowest BCUT2D eigenvalue weighted by molar-refractivity contribution is 0.00152. The second-order valence-electron chi connectivity index (χ2n) is 5.11. The number of halogens is 2. The highest BCUT2D eigenvalue weighted by molar-refractivity contribution is 9.10. The molecule has 1 saturated carbocycles. The van der Waals surface area contributed by atoms with Crippen molar-refractivity contribution in [1.82, 2.24) is 0 Å². The first-order chi connectivity index (χ1) is 8.69. The third kappa shape index (κ3) is 3.79. The first kappa shape index (κ1) is 14.0. The second-order valence-corrected chi connectivity index (χ2v) is 5.96. The maximum Gasteiger partial charge on any atom is 0.124 e. The van der Waals surface area contributed by atoms with Gasteiger partial charge in [0.1, 0.15) is 5.82 Å². The smallest absolute Gasteiger partial charge is 0.124 e. The number of ether oxygens (including phenoxy) is 1. The van der Waals surface area contributed by atoms with Crippen LogP contribution in [0.25, 0.3) is 0 Å². The zero-order valence-electron chi connectivity index (χ0n) is 10.8. The van der Waals surface area contributed by atoms with E-state index in [1.807, 2.05) is 0 Å². The topological polar surface area (TPSA) is 9.23 Å². The van der Waals surface area contributed by atoms with Crippen LogP contribution in [0, 0.1) is 11.7 Å². The van der Waals surface area contributed by atoms with Crippen molar-refractivity contribution in [3.63, 3.8) is 0 Å². The monoisotopic (exact) mass is 314 g/mol. The Morgan fingerprint density at radius 1 is 1.39 bits per heavy atom. The van der Waals surface area contributed by atoms with Crippen molar-refractivity contribution < 1.29 is 9.13 Å². The van der Waals surface area contributed by atoms with Crippen LogP contribution in [0.1, 0.15) is 44.6 Å². The first-order valence-corrected chi connectivity index (χ1v) is 7.54. The normalized spacial score (nSPS) is 24.2. The van der Waals surface area contributed by atoms with Crippen LogP contribution in [-0.4, -0.2) is 6.10 Å². The molecule has 2 unspecified atom stereocenters. The Hall–Kier alpha value is -0.410. The average molecular weight is 315 g/mol. The predicted molar refractivity (Wildman–Crippen MR) is 74.9 cm³/mol. The lowest BCUT2D eigenvalue weighted by Crippen LogP contribution is -2.22. The van der Waals surface area contributed by atoms with Crippen molar-refractivity contribution in [3.8, 4) is 0 Å².